The molecule has 0 fully saturated rings. The zero-order chi connectivity index (χ0) is 31.3. The van der Waals surface area contributed by atoms with E-state index in [9.17, 15) is 0 Å². The molecule has 3 heteroatoms. The van der Waals surface area contributed by atoms with Gasteiger partial charge in [0.2, 0.25) is 0 Å². The molecule has 2 aromatic heterocycles. The fraction of sp³-hybridized carbons (Fsp3) is 0.0455. The Morgan fingerprint density at radius 3 is 1.79 bits per heavy atom. The maximum Gasteiger partial charge on any atom is 0.335 e. The third-order valence-corrected chi connectivity index (χ3v) is 10.8. The summed E-state index contributed by atoms with van der Waals surface area (Å²) in [6.07, 6.45) is 2.49. The number of pyridine rings is 2. The van der Waals surface area contributed by atoms with Crippen LogP contribution >= 0.6 is 0 Å². The van der Waals surface area contributed by atoms with Crippen LogP contribution in [0.5, 0.6) is 0 Å². The van der Waals surface area contributed by atoms with Gasteiger partial charge in [0, 0.05) is 12.3 Å². The van der Waals surface area contributed by atoms with Crippen LogP contribution in [0, 0.1) is 0 Å². The van der Waals surface area contributed by atoms with Crippen molar-refractivity contribution in [1.82, 2.24) is 4.98 Å². The Bertz CT molecular complexity index is 2240. The summed E-state index contributed by atoms with van der Waals surface area (Å²) in [5, 5.41) is -0.627. The first kappa shape index (κ1) is 27.5. The molecule has 5 aromatic carbocycles. The van der Waals surface area contributed by atoms with E-state index in [1.54, 1.807) is 0 Å². The first-order valence-corrected chi connectivity index (χ1v) is 16.5. The second kappa shape index (κ2) is 10.9. The van der Waals surface area contributed by atoms with Crippen LogP contribution in [0.2, 0.25) is 0 Å². The summed E-state index contributed by atoms with van der Waals surface area (Å²) in [7, 11) is 0. The van der Waals surface area contributed by atoms with E-state index in [1.165, 1.54) is 44.4 Å². The number of hydrogen-bond donors (Lipinski definition) is 0. The molecule has 7 aromatic rings. The summed E-state index contributed by atoms with van der Waals surface area (Å²) in [5.74, 6) is -0.0177. The molecule has 222 valence electrons. The highest BCUT2D eigenvalue weighted by Crippen LogP contribution is 2.66. The second-order valence-electron chi connectivity index (χ2n) is 12.8. The van der Waals surface area contributed by atoms with Crippen molar-refractivity contribution in [2.24, 2.45) is 0 Å². The zero-order valence-corrected chi connectivity index (χ0v) is 26.0. The minimum atomic E-state index is -1.78. The van der Waals surface area contributed by atoms with Crippen molar-refractivity contribution in [2.75, 3.05) is 0 Å². The molecule has 2 nitrogen and oxygen atoms in total. The molecule has 3 atom stereocenters. The largest absolute Gasteiger partial charge is 0.413 e. The lowest BCUT2D eigenvalue weighted by Gasteiger charge is -2.55. The maximum absolute atomic E-state index is 5.21. The molecule has 0 saturated heterocycles. The first-order valence-electron chi connectivity index (χ1n) is 16.5. The molecule has 9 rings (SSSR count). The van der Waals surface area contributed by atoms with Gasteiger partial charge in [-0.15, -0.1) is 5.46 Å². The highest BCUT2D eigenvalue weighted by molar-refractivity contribution is 6.94. The molecule has 0 N–H and O–H groups in total. The number of nitrogens with zero attached hydrogens (tertiary/aromatic N) is 2. The standard InChI is InChI=1S/C44H33BN2/c1-6-19-33(20-7-1)40-41(34-21-8-2-9-22-34)44(36-25-12-4-13-26-36)38-29-18-31-46-43(38)39-30-16-17-32-47(39)45(44,37-27-14-5-15-28-37)42(40)35-23-10-3-11-24-35/h1-32,42H/t42-,44-,45+/m0/s1. The minimum Gasteiger partial charge on any atom is -0.413 e. The Balaban J connectivity index is 1.63. The van der Waals surface area contributed by atoms with Gasteiger partial charge < -0.3 is 4.48 Å². The Morgan fingerprint density at radius 2 is 1.11 bits per heavy atom. The number of aromatic nitrogens is 2. The lowest BCUT2D eigenvalue weighted by Crippen LogP contribution is -2.84. The van der Waals surface area contributed by atoms with Gasteiger partial charge in [-0.25, -0.2) is 4.98 Å². The second-order valence-corrected chi connectivity index (χ2v) is 12.8. The predicted molar refractivity (Wildman–Crippen MR) is 193 cm³/mol. The topological polar surface area (TPSA) is 16.8 Å². The van der Waals surface area contributed by atoms with Gasteiger partial charge in [-0.1, -0.05) is 186 Å². The zero-order valence-electron chi connectivity index (χ0n) is 26.0. The van der Waals surface area contributed by atoms with Gasteiger partial charge in [-0.3, -0.25) is 0 Å². The molecule has 2 aliphatic rings. The molecule has 0 bridgehead atoms. The highest BCUT2D eigenvalue weighted by atomic mass is 15.0. The third-order valence-electron chi connectivity index (χ3n) is 10.8. The van der Waals surface area contributed by atoms with Gasteiger partial charge in [0.05, 0.1) is 0 Å². The van der Waals surface area contributed by atoms with E-state index in [0.29, 0.717) is 0 Å². The number of hydrogen-bond acceptors (Lipinski definition) is 1. The molecule has 2 aliphatic heterocycles. The van der Waals surface area contributed by atoms with Gasteiger partial charge in [0.1, 0.15) is 11.9 Å². The summed E-state index contributed by atoms with van der Waals surface area (Å²) in [4.78, 5) is 5.21. The minimum absolute atomic E-state index is 0.0177. The van der Waals surface area contributed by atoms with E-state index in [2.05, 4.69) is 193 Å². The van der Waals surface area contributed by atoms with E-state index in [0.717, 1.165) is 11.4 Å². The van der Waals surface area contributed by atoms with Crippen molar-refractivity contribution in [3.63, 3.8) is 0 Å². The van der Waals surface area contributed by atoms with Gasteiger partial charge in [0.25, 0.3) is 0 Å². The number of rotatable bonds is 5. The lowest BCUT2D eigenvalue weighted by molar-refractivity contribution is -0.538. The van der Waals surface area contributed by atoms with Crippen LogP contribution in [0.4, 0.5) is 0 Å². The predicted octanol–water partition coefficient (Wildman–Crippen LogP) is 8.52. The molecule has 47 heavy (non-hydrogen) atoms. The average Bonchev–Trinajstić information content (AvgIpc) is 3.47. The number of fused-ring (bicyclic) bond motifs is 6. The SMILES string of the molecule is c1ccc(C2=C(c3ccccc3)[C@]3(c4ccccc4)c4cccnc4-c4cccc[n+]4[B@-]3(c3ccccc3)[C@H]2c2ccccc2)cc1. The Hall–Kier alpha value is -5.80. The van der Waals surface area contributed by atoms with Crippen molar-refractivity contribution >= 4 is 22.9 Å². The molecule has 0 unspecified atom stereocenters. The third kappa shape index (κ3) is 3.74. The van der Waals surface area contributed by atoms with Crippen LogP contribution in [0.15, 0.2) is 194 Å². The van der Waals surface area contributed by atoms with Crippen molar-refractivity contribution in [2.45, 2.75) is 11.1 Å². The van der Waals surface area contributed by atoms with Crippen molar-refractivity contribution < 1.29 is 4.48 Å². The molecule has 0 radical (unpaired) electrons. The average molecular weight is 601 g/mol. The Morgan fingerprint density at radius 1 is 0.532 bits per heavy atom. The van der Waals surface area contributed by atoms with Crippen LogP contribution in [0.25, 0.3) is 22.5 Å². The number of allylic oxidation sites excluding steroid dienone is 2. The van der Waals surface area contributed by atoms with Crippen molar-refractivity contribution in [3.05, 3.63) is 222 Å². The molecular weight excluding hydrogens is 567 g/mol. The normalized spacial score (nSPS) is 21.1. The van der Waals surface area contributed by atoms with E-state index in [4.69, 9.17) is 4.98 Å². The summed E-state index contributed by atoms with van der Waals surface area (Å²) in [5.41, 5.74) is 12.5. The van der Waals surface area contributed by atoms with Crippen LogP contribution < -0.4 is 9.94 Å². The van der Waals surface area contributed by atoms with Crippen molar-refractivity contribution in [3.8, 4) is 11.4 Å². The van der Waals surface area contributed by atoms with Gasteiger partial charge in [0.15, 0.2) is 5.69 Å². The Kier molecular flexibility index (Phi) is 6.40. The summed E-state index contributed by atoms with van der Waals surface area (Å²) in [6, 6.07) is 67.1. The highest BCUT2D eigenvalue weighted by Gasteiger charge is 2.72. The monoisotopic (exact) mass is 600 g/mol. The van der Waals surface area contributed by atoms with E-state index >= 15 is 0 Å². The molecule has 0 saturated carbocycles. The van der Waals surface area contributed by atoms with E-state index < -0.39 is 11.6 Å². The summed E-state index contributed by atoms with van der Waals surface area (Å²) in [6.45, 7) is 0. The fourth-order valence-electron chi connectivity index (χ4n) is 9.40. The molecule has 0 aliphatic carbocycles. The number of benzene rings is 5. The molecule has 0 amide bonds. The fourth-order valence-corrected chi connectivity index (χ4v) is 9.40. The van der Waals surface area contributed by atoms with Gasteiger partial charge >= 0.3 is 6.28 Å². The van der Waals surface area contributed by atoms with Crippen LogP contribution in [-0.2, 0) is 5.31 Å². The first-order chi connectivity index (χ1) is 23.4. The molecule has 0 spiro atoms. The quantitative estimate of drug-likeness (QED) is 0.181. The van der Waals surface area contributed by atoms with Crippen molar-refractivity contribution in [1.29, 1.82) is 0 Å². The van der Waals surface area contributed by atoms with Crippen LogP contribution in [0.1, 0.15) is 33.6 Å². The van der Waals surface area contributed by atoms with E-state index in [1.807, 2.05) is 6.20 Å². The summed E-state index contributed by atoms with van der Waals surface area (Å²) >= 11 is 0. The Labute approximate surface area is 276 Å². The van der Waals surface area contributed by atoms with Crippen LogP contribution in [-0.4, -0.2) is 11.3 Å². The van der Waals surface area contributed by atoms with Gasteiger partial charge in [-0.05, 0) is 40.0 Å². The van der Waals surface area contributed by atoms with E-state index in [-0.39, 0.29) is 5.82 Å². The molecule has 4 heterocycles. The summed E-state index contributed by atoms with van der Waals surface area (Å²) < 4.78 is 2.63. The smallest absolute Gasteiger partial charge is 0.335 e. The van der Waals surface area contributed by atoms with Gasteiger partial charge in [-0.2, -0.15) is 0 Å². The molecular formula is C44H33BN2. The lowest BCUT2D eigenvalue weighted by atomic mass is 9.11. The maximum atomic E-state index is 5.21. The van der Waals surface area contributed by atoms with Crippen LogP contribution in [0.3, 0.4) is 0 Å².